The number of ketones is 1. The van der Waals surface area contributed by atoms with Crippen molar-refractivity contribution in [1.29, 1.82) is 0 Å². The second-order valence-corrected chi connectivity index (χ2v) is 3.16. The van der Waals surface area contributed by atoms with E-state index in [1.54, 1.807) is 0 Å². The number of hydrogen-bond acceptors (Lipinski definition) is 1. The summed E-state index contributed by atoms with van der Waals surface area (Å²) in [6.07, 6.45) is 2.89. The molecule has 2 unspecified atom stereocenters. The summed E-state index contributed by atoms with van der Waals surface area (Å²) < 4.78 is 0. The minimum atomic E-state index is 0.377. The van der Waals surface area contributed by atoms with Crippen molar-refractivity contribution >= 4 is 5.78 Å². The Balaban J connectivity index is 2.28. The highest BCUT2D eigenvalue weighted by Gasteiger charge is 2.40. The van der Waals surface area contributed by atoms with E-state index in [9.17, 15) is 4.79 Å². The van der Waals surface area contributed by atoms with Gasteiger partial charge in [0.1, 0.15) is 5.78 Å². The van der Waals surface area contributed by atoms with Gasteiger partial charge in [-0.05, 0) is 18.8 Å². The molecular weight excluding hydrogens is 112 g/mol. The maximum absolute atomic E-state index is 10.9. The Morgan fingerprint density at radius 3 is 2.44 bits per heavy atom. The van der Waals surface area contributed by atoms with Crippen molar-refractivity contribution in [3.05, 3.63) is 12.2 Å². The van der Waals surface area contributed by atoms with Crippen LogP contribution in [0.2, 0.25) is 0 Å². The minimum Gasteiger partial charge on any atom is -0.299 e. The Bertz CT molecular complexity index is 161. The topological polar surface area (TPSA) is 17.1 Å². The number of Topliss-reactive ketones (excluding diaryl/α,β-unsaturated/α-hetero) is 1. The van der Waals surface area contributed by atoms with Crippen LogP contribution in [-0.4, -0.2) is 5.78 Å². The van der Waals surface area contributed by atoms with Crippen molar-refractivity contribution in [1.82, 2.24) is 0 Å². The molecule has 0 aromatic rings. The van der Waals surface area contributed by atoms with Gasteiger partial charge >= 0.3 is 0 Å². The highest BCUT2D eigenvalue weighted by Crippen LogP contribution is 2.44. The van der Waals surface area contributed by atoms with Crippen LogP contribution in [0, 0.1) is 11.8 Å². The molecule has 0 N–H and O–H groups in total. The Morgan fingerprint density at radius 1 is 1.33 bits per heavy atom. The first-order chi connectivity index (χ1) is 4.27. The van der Waals surface area contributed by atoms with Gasteiger partial charge in [-0.25, -0.2) is 0 Å². The Hall–Kier alpha value is -0.590. The van der Waals surface area contributed by atoms with Gasteiger partial charge in [0.2, 0.25) is 0 Å². The lowest BCUT2D eigenvalue weighted by Crippen LogP contribution is -2.09. The zero-order valence-electron chi connectivity index (χ0n) is 5.39. The molecule has 0 aromatic heterocycles. The maximum Gasteiger partial charge on any atom is 0.136 e. The second kappa shape index (κ2) is 1.47. The molecule has 0 aliphatic heterocycles. The zero-order chi connectivity index (χ0) is 6.43. The van der Waals surface area contributed by atoms with Crippen LogP contribution in [0.25, 0.3) is 0 Å². The highest BCUT2D eigenvalue weighted by molar-refractivity contribution is 5.85. The van der Waals surface area contributed by atoms with Crippen molar-refractivity contribution < 1.29 is 4.79 Å². The number of hydrogen-bond donors (Lipinski definition) is 0. The molecule has 2 aliphatic carbocycles. The monoisotopic (exact) mass is 122 g/mol. The van der Waals surface area contributed by atoms with E-state index in [1.807, 2.05) is 0 Å². The lowest BCUT2D eigenvalue weighted by molar-refractivity contribution is -0.121. The molecule has 1 nitrogen and oxygen atoms in total. The van der Waals surface area contributed by atoms with E-state index in [0.717, 1.165) is 19.3 Å². The SMILES string of the molecule is C=C1CC2CC1CC2=O. The average Bonchev–Trinajstić information content (AvgIpc) is 2.24. The van der Waals surface area contributed by atoms with Crippen LogP contribution in [0.15, 0.2) is 12.2 Å². The van der Waals surface area contributed by atoms with Crippen molar-refractivity contribution in [3.8, 4) is 0 Å². The van der Waals surface area contributed by atoms with E-state index in [-0.39, 0.29) is 0 Å². The normalized spacial score (nSPS) is 40.4. The zero-order valence-corrected chi connectivity index (χ0v) is 5.39. The molecule has 0 amide bonds. The van der Waals surface area contributed by atoms with Crippen molar-refractivity contribution in [3.63, 3.8) is 0 Å². The molecule has 0 aromatic carbocycles. The van der Waals surface area contributed by atoms with Gasteiger partial charge in [-0.2, -0.15) is 0 Å². The Kier molecular flexibility index (Phi) is 0.850. The van der Waals surface area contributed by atoms with Crippen LogP contribution in [0.3, 0.4) is 0 Å². The molecular formula is C8H10O. The van der Waals surface area contributed by atoms with Crippen LogP contribution < -0.4 is 0 Å². The van der Waals surface area contributed by atoms with Gasteiger partial charge in [-0.1, -0.05) is 12.2 Å². The minimum absolute atomic E-state index is 0.377. The fourth-order valence-electron chi connectivity index (χ4n) is 1.96. The highest BCUT2D eigenvalue weighted by atomic mass is 16.1. The van der Waals surface area contributed by atoms with Crippen molar-refractivity contribution in [2.45, 2.75) is 19.3 Å². The molecule has 2 rings (SSSR count). The van der Waals surface area contributed by atoms with Crippen molar-refractivity contribution in [2.75, 3.05) is 0 Å². The third-order valence-corrected chi connectivity index (χ3v) is 2.56. The number of carbonyl (C=O) groups is 1. The summed E-state index contributed by atoms with van der Waals surface area (Å²) in [5.41, 5.74) is 1.32. The smallest absolute Gasteiger partial charge is 0.136 e. The number of carbonyl (C=O) groups excluding carboxylic acids is 1. The molecule has 2 atom stereocenters. The molecule has 0 radical (unpaired) electrons. The molecule has 9 heavy (non-hydrogen) atoms. The first kappa shape index (κ1) is 5.21. The fraction of sp³-hybridized carbons (Fsp3) is 0.625. The van der Waals surface area contributed by atoms with Gasteiger partial charge in [0.15, 0.2) is 0 Å². The summed E-state index contributed by atoms with van der Waals surface area (Å²) in [5, 5.41) is 0. The van der Waals surface area contributed by atoms with Crippen LogP contribution >= 0.6 is 0 Å². The lowest BCUT2D eigenvalue weighted by atomic mass is 9.95. The molecule has 2 bridgehead atoms. The first-order valence-electron chi connectivity index (χ1n) is 3.48. The molecule has 0 spiro atoms. The predicted octanol–water partition coefficient (Wildman–Crippen LogP) is 1.54. The largest absolute Gasteiger partial charge is 0.299 e. The Morgan fingerprint density at radius 2 is 2.11 bits per heavy atom. The van der Waals surface area contributed by atoms with E-state index in [2.05, 4.69) is 6.58 Å². The van der Waals surface area contributed by atoms with Crippen LogP contribution in [-0.2, 0) is 4.79 Å². The molecule has 2 saturated carbocycles. The third-order valence-electron chi connectivity index (χ3n) is 2.56. The molecule has 2 aliphatic rings. The third kappa shape index (κ3) is 0.576. The summed E-state index contributed by atoms with van der Waals surface area (Å²) >= 11 is 0. The van der Waals surface area contributed by atoms with Gasteiger partial charge < -0.3 is 0 Å². The summed E-state index contributed by atoms with van der Waals surface area (Å²) in [6.45, 7) is 3.92. The second-order valence-electron chi connectivity index (χ2n) is 3.16. The maximum atomic E-state index is 10.9. The summed E-state index contributed by atoms with van der Waals surface area (Å²) in [7, 11) is 0. The predicted molar refractivity (Wildman–Crippen MR) is 35.0 cm³/mol. The van der Waals surface area contributed by atoms with Crippen LogP contribution in [0.4, 0.5) is 0 Å². The molecule has 0 saturated heterocycles. The average molecular weight is 122 g/mol. The summed E-state index contributed by atoms with van der Waals surface area (Å²) in [4.78, 5) is 10.9. The van der Waals surface area contributed by atoms with E-state index in [0.29, 0.717) is 17.6 Å². The first-order valence-corrected chi connectivity index (χ1v) is 3.48. The van der Waals surface area contributed by atoms with Gasteiger partial charge in [-0.3, -0.25) is 4.79 Å². The van der Waals surface area contributed by atoms with Gasteiger partial charge in [0.05, 0.1) is 0 Å². The summed E-state index contributed by atoms with van der Waals surface area (Å²) in [6, 6.07) is 0. The van der Waals surface area contributed by atoms with Crippen LogP contribution in [0.5, 0.6) is 0 Å². The number of rotatable bonds is 0. The van der Waals surface area contributed by atoms with E-state index >= 15 is 0 Å². The van der Waals surface area contributed by atoms with E-state index < -0.39 is 0 Å². The molecule has 48 valence electrons. The number of fused-ring (bicyclic) bond motifs is 2. The lowest BCUT2D eigenvalue weighted by Gasteiger charge is -2.09. The van der Waals surface area contributed by atoms with Gasteiger partial charge in [-0.15, -0.1) is 0 Å². The standard InChI is InChI=1S/C8H10O/c1-5-2-7-3-6(5)4-8(7)9/h6-7H,1-4H2. The quantitative estimate of drug-likeness (QED) is 0.445. The van der Waals surface area contributed by atoms with Gasteiger partial charge in [0.25, 0.3) is 0 Å². The van der Waals surface area contributed by atoms with Gasteiger partial charge in [0, 0.05) is 12.3 Å². The van der Waals surface area contributed by atoms with E-state index in [1.165, 1.54) is 5.57 Å². The fourth-order valence-corrected chi connectivity index (χ4v) is 1.96. The van der Waals surface area contributed by atoms with E-state index in [4.69, 9.17) is 0 Å². The number of allylic oxidation sites excluding steroid dienone is 1. The molecule has 1 heteroatoms. The molecule has 0 heterocycles. The van der Waals surface area contributed by atoms with Crippen LogP contribution in [0.1, 0.15) is 19.3 Å². The summed E-state index contributed by atoms with van der Waals surface area (Å²) in [5.74, 6) is 1.43. The molecule has 2 fully saturated rings. The Labute approximate surface area is 54.8 Å². The van der Waals surface area contributed by atoms with Crippen molar-refractivity contribution in [2.24, 2.45) is 11.8 Å².